The Morgan fingerprint density at radius 1 is 1.70 bits per heavy atom. The third kappa shape index (κ3) is 1.68. The van der Waals surface area contributed by atoms with Crippen LogP contribution in [0.3, 0.4) is 0 Å². The Labute approximate surface area is 65.4 Å². The summed E-state index contributed by atoms with van der Waals surface area (Å²) in [5, 5.41) is 0. The Morgan fingerprint density at radius 2 is 2.40 bits per heavy atom. The lowest BCUT2D eigenvalue weighted by Gasteiger charge is -2.29. The van der Waals surface area contributed by atoms with Gasteiger partial charge in [0.2, 0.25) is 0 Å². The van der Waals surface area contributed by atoms with Crippen molar-refractivity contribution in [1.82, 2.24) is 0 Å². The van der Waals surface area contributed by atoms with Crippen molar-refractivity contribution in [2.75, 3.05) is 11.5 Å². The van der Waals surface area contributed by atoms with E-state index in [1.807, 2.05) is 6.92 Å². The monoisotopic (exact) mass is 156 g/mol. The molecule has 2 atom stereocenters. The highest BCUT2D eigenvalue weighted by Gasteiger charge is 2.32. The minimum absolute atomic E-state index is 0.0802. The first-order valence-electron chi connectivity index (χ1n) is 3.49. The number of terminal acetylenes is 1. The zero-order valence-electron chi connectivity index (χ0n) is 6.22. The second-order valence-electron chi connectivity index (χ2n) is 3.10. The Hall–Kier alpha value is -0.130. The molecule has 2 heteroatoms. The van der Waals surface area contributed by atoms with Crippen molar-refractivity contribution in [2.45, 2.75) is 19.8 Å². The van der Waals surface area contributed by atoms with Gasteiger partial charge in [-0.25, -0.2) is 0 Å². The van der Waals surface area contributed by atoms with Crippen LogP contribution >= 0.6 is 0 Å². The van der Waals surface area contributed by atoms with Crippen molar-refractivity contribution >= 4 is 11.2 Å². The molecule has 1 aliphatic rings. The average Bonchev–Trinajstić information content (AvgIpc) is 1.88. The molecule has 1 fully saturated rings. The van der Waals surface area contributed by atoms with Crippen molar-refractivity contribution in [2.24, 2.45) is 5.41 Å². The summed E-state index contributed by atoms with van der Waals surface area (Å²) in [4.78, 5) is 0. The fraction of sp³-hybridized carbons (Fsp3) is 0.750. The summed E-state index contributed by atoms with van der Waals surface area (Å²) < 4.78 is 11.1. The van der Waals surface area contributed by atoms with Gasteiger partial charge in [0.25, 0.3) is 0 Å². The van der Waals surface area contributed by atoms with Gasteiger partial charge < -0.3 is 4.55 Å². The average molecular weight is 156 g/mol. The molecule has 2 unspecified atom stereocenters. The fourth-order valence-electron chi connectivity index (χ4n) is 1.24. The SMILES string of the molecule is C#CC1(C)CCC[S+]([O-])C1. The second kappa shape index (κ2) is 2.86. The van der Waals surface area contributed by atoms with Crippen LogP contribution in [0.25, 0.3) is 0 Å². The van der Waals surface area contributed by atoms with Crippen LogP contribution in [0, 0.1) is 17.8 Å². The molecule has 0 aromatic rings. The Kier molecular flexibility index (Phi) is 2.28. The Morgan fingerprint density at radius 3 is 2.80 bits per heavy atom. The van der Waals surface area contributed by atoms with Crippen molar-refractivity contribution in [3.8, 4) is 12.3 Å². The summed E-state index contributed by atoms with van der Waals surface area (Å²) in [5.74, 6) is 4.26. The first kappa shape index (κ1) is 7.97. The van der Waals surface area contributed by atoms with E-state index in [-0.39, 0.29) is 5.41 Å². The molecular formula is C8H12OS. The highest BCUT2D eigenvalue weighted by molar-refractivity contribution is 7.91. The van der Waals surface area contributed by atoms with Crippen LogP contribution in [0.4, 0.5) is 0 Å². The molecule has 0 aromatic heterocycles. The van der Waals surface area contributed by atoms with E-state index in [0.29, 0.717) is 5.75 Å². The summed E-state index contributed by atoms with van der Waals surface area (Å²) >= 11 is -0.652. The first-order valence-corrected chi connectivity index (χ1v) is 4.98. The van der Waals surface area contributed by atoms with Crippen LogP contribution in [0.2, 0.25) is 0 Å². The normalized spacial score (nSPS) is 40.7. The molecule has 1 nitrogen and oxygen atoms in total. The molecule has 1 rings (SSSR count). The highest BCUT2D eigenvalue weighted by Crippen LogP contribution is 2.29. The largest absolute Gasteiger partial charge is 0.616 e. The quantitative estimate of drug-likeness (QED) is 0.381. The van der Waals surface area contributed by atoms with Gasteiger partial charge >= 0.3 is 0 Å². The van der Waals surface area contributed by atoms with E-state index in [9.17, 15) is 4.55 Å². The summed E-state index contributed by atoms with van der Waals surface area (Å²) in [6.45, 7) is 2.02. The maximum atomic E-state index is 11.1. The summed E-state index contributed by atoms with van der Waals surface area (Å²) in [6, 6.07) is 0. The van der Waals surface area contributed by atoms with Crippen LogP contribution < -0.4 is 0 Å². The van der Waals surface area contributed by atoms with Crippen LogP contribution in [-0.2, 0) is 11.2 Å². The molecule has 0 bridgehead atoms. The topological polar surface area (TPSA) is 23.1 Å². The van der Waals surface area contributed by atoms with Crippen molar-refractivity contribution in [1.29, 1.82) is 0 Å². The van der Waals surface area contributed by atoms with Gasteiger partial charge in [0, 0.05) is 0 Å². The molecule has 10 heavy (non-hydrogen) atoms. The van der Waals surface area contributed by atoms with E-state index in [2.05, 4.69) is 5.92 Å². The minimum Gasteiger partial charge on any atom is -0.616 e. The van der Waals surface area contributed by atoms with Gasteiger partial charge in [0.15, 0.2) is 0 Å². The zero-order valence-corrected chi connectivity index (χ0v) is 7.04. The standard InChI is InChI=1S/C8H12OS/c1-3-8(2)5-4-6-10(9)7-8/h1H,4-7H2,2H3. The number of hydrogen-bond donors (Lipinski definition) is 0. The molecule has 0 radical (unpaired) electrons. The van der Waals surface area contributed by atoms with Crippen LogP contribution in [0.15, 0.2) is 0 Å². The zero-order chi connectivity index (χ0) is 7.61. The van der Waals surface area contributed by atoms with E-state index >= 15 is 0 Å². The third-order valence-corrected chi connectivity index (χ3v) is 3.63. The van der Waals surface area contributed by atoms with Crippen molar-refractivity contribution < 1.29 is 4.55 Å². The van der Waals surface area contributed by atoms with Crippen molar-refractivity contribution in [3.63, 3.8) is 0 Å². The predicted molar refractivity (Wildman–Crippen MR) is 44.1 cm³/mol. The van der Waals surface area contributed by atoms with Gasteiger partial charge in [0.1, 0.15) is 11.5 Å². The van der Waals surface area contributed by atoms with Gasteiger partial charge in [0.05, 0.1) is 5.41 Å². The molecule has 1 aliphatic heterocycles. The molecule has 0 spiro atoms. The molecule has 1 heterocycles. The lowest BCUT2D eigenvalue weighted by atomic mass is 9.89. The van der Waals surface area contributed by atoms with E-state index in [4.69, 9.17) is 6.42 Å². The molecule has 0 aliphatic carbocycles. The molecule has 56 valence electrons. The molecule has 0 amide bonds. The van der Waals surface area contributed by atoms with Gasteiger partial charge in [-0.1, -0.05) is 17.1 Å². The molecular weight excluding hydrogens is 144 g/mol. The van der Waals surface area contributed by atoms with Gasteiger partial charge in [-0.2, -0.15) is 0 Å². The van der Waals surface area contributed by atoms with E-state index in [1.165, 1.54) is 0 Å². The first-order chi connectivity index (χ1) is 4.66. The van der Waals surface area contributed by atoms with Gasteiger partial charge in [-0.05, 0) is 19.8 Å². The molecule has 0 saturated carbocycles. The van der Waals surface area contributed by atoms with E-state index < -0.39 is 11.2 Å². The molecule has 1 saturated heterocycles. The summed E-state index contributed by atoms with van der Waals surface area (Å²) in [7, 11) is 0. The van der Waals surface area contributed by atoms with E-state index in [1.54, 1.807) is 0 Å². The second-order valence-corrected chi connectivity index (χ2v) is 4.67. The Balaban J connectivity index is 2.56. The minimum atomic E-state index is -0.652. The van der Waals surface area contributed by atoms with Crippen molar-refractivity contribution in [3.05, 3.63) is 0 Å². The van der Waals surface area contributed by atoms with Crippen LogP contribution in [-0.4, -0.2) is 16.1 Å². The summed E-state index contributed by atoms with van der Waals surface area (Å²) in [5.41, 5.74) is -0.0802. The van der Waals surface area contributed by atoms with Crippen LogP contribution in [0.1, 0.15) is 19.8 Å². The molecule has 0 aromatic carbocycles. The van der Waals surface area contributed by atoms with Crippen LogP contribution in [0.5, 0.6) is 0 Å². The third-order valence-electron chi connectivity index (χ3n) is 1.93. The number of hydrogen-bond acceptors (Lipinski definition) is 1. The maximum absolute atomic E-state index is 11.1. The Bertz CT molecular complexity index is 161. The maximum Gasteiger partial charge on any atom is 0.121 e. The van der Waals surface area contributed by atoms with Gasteiger partial charge in [-0.3, -0.25) is 0 Å². The van der Waals surface area contributed by atoms with Gasteiger partial charge in [-0.15, -0.1) is 6.42 Å². The lowest BCUT2D eigenvalue weighted by Crippen LogP contribution is -2.32. The van der Waals surface area contributed by atoms with E-state index in [0.717, 1.165) is 18.6 Å². The number of rotatable bonds is 0. The molecule has 0 N–H and O–H groups in total. The lowest BCUT2D eigenvalue weighted by molar-refractivity contribution is 0.427. The fourth-order valence-corrected chi connectivity index (χ4v) is 2.79. The highest BCUT2D eigenvalue weighted by atomic mass is 32.2. The summed E-state index contributed by atoms with van der Waals surface area (Å²) in [6.07, 6.45) is 7.37. The predicted octanol–water partition coefficient (Wildman–Crippen LogP) is 1.17. The smallest absolute Gasteiger partial charge is 0.121 e.